The lowest BCUT2D eigenvalue weighted by atomic mass is 9.93. The molecule has 0 fully saturated rings. The van der Waals surface area contributed by atoms with Crippen LogP contribution in [0.25, 0.3) is 21.6 Å². The minimum Gasteiger partial charge on any atom is -0.497 e. The van der Waals surface area contributed by atoms with Crippen molar-refractivity contribution in [1.82, 2.24) is 0 Å². The third-order valence-corrected chi connectivity index (χ3v) is 8.81. The van der Waals surface area contributed by atoms with Crippen molar-refractivity contribution in [3.05, 3.63) is 89.1 Å². The number of esters is 1. The molecule has 0 saturated carbocycles. The largest absolute Gasteiger partial charge is 0.497 e. The van der Waals surface area contributed by atoms with Crippen molar-refractivity contribution in [2.45, 2.75) is 11.4 Å². The predicted molar refractivity (Wildman–Crippen MR) is 133 cm³/mol. The maximum atomic E-state index is 13.8. The van der Waals surface area contributed by atoms with E-state index in [2.05, 4.69) is 0 Å². The monoisotopic (exact) mass is 509 g/mol. The number of methoxy groups -OCH3 is 2. The van der Waals surface area contributed by atoms with Gasteiger partial charge in [-0.3, -0.25) is 4.31 Å². The number of carbonyl (C=O) groups is 1. The molecule has 0 radical (unpaired) electrons. The zero-order valence-electron chi connectivity index (χ0n) is 18.8. The average molecular weight is 510 g/mol. The van der Waals surface area contributed by atoms with Crippen molar-refractivity contribution < 1.29 is 27.1 Å². The van der Waals surface area contributed by atoms with Crippen LogP contribution in [-0.4, -0.2) is 28.6 Å². The fourth-order valence-corrected chi connectivity index (χ4v) is 6.94. The summed E-state index contributed by atoms with van der Waals surface area (Å²) in [6.07, 6.45) is 0. The maximum absolute atomic E-state index is 13.8. The molecule has 0 spiro atoms. The molecule has 2 heterocycles. The second kappa shape index (κ2) is 8.83. The molecule has 0 N–H and O–H groups in total. The van der Waals surface area contributed by atoms with Crippen LogP contribution < -0.4 is 9.04 Å². The van der Waals surface area contributed by atoms with Crippen LogP contribution in [-0.2, 0) is 21.3 Å². The Bertz CT molecular complexity index is 1540. The highest BCUT2D eigenvalue weighted by Crippen LogP contribution is 2.53. The minimum absolute atomic E-state index is 0.0150. The highest BCUT2D eigenvalue weighted by atomic mass is 32.2. The number of hydrogen-bond donors (Lipinski definition) is 0. The Balaban J connectivity index is 1.83. The van der Waals surface area contributed by atoms with Crippen molar-refractivity contribution in [3.8, 4) is 27.3 Å². The van der Waals surface area contributed by atoms with Crippen LogP contribution in [0.3, 0.4) is 0 Å². The van der Waals surface area contributed by atoms with Crippen LogP contribution in [0.5, 0.6) is 5.75 Å². The molecule has 0 unspecified atom stereocenters. The first-order valence-electron chi connectivity index (χ1n) is 10.6. The highest BCUT2D eigenvalue weighted by molar-refractivity contribution is 7.92. The zero-order chi connectivity index (χ0) is 24.7. The van der Waals surface area contributed by atoms with E-state index in [4.69, 9.17) is 9.47 Å². The summed E-state index contributed by atoms with van der Waals surface area (Å²) in [5, 5.41) is 0. The van der Waals surface area contributed by atoms with Gasteiger partial charge in [-0.1, -0.05) is 36.4 Å². The van der Waals surface area contributed by atoms with E-state index in [1.807, 2.05) is 48.5 Å². The molecule has 0 aliphatic carbocycles. The van der Waals surface area contributed by atoms with Gasteiger partial charge in [0, 0.05) is 10.4 Å². The SMILES string of the molecule is COC(=O)c1sc(-c2cccc(OC)c2)c2c1N(S(=O)(=O)c1ccc(F)cc1)Cc1ccccc1-2. The second-order valence-corrected chi connectivity index (χ2v) is 10.7. The number of fused-ring (bicyclic) bond motifs is 3. The third kappa shape index (κ3) is 3.86. The smallest absolute Gasteiger partial charge is 0.350 e. The first kappa shape index (κ1) is 23.1. The number of anilines is 1. The van der Waals surface area contributed by atoms with E-state index in [9.17, 15) is 17.6 Å². The lowest BCUT2D eigenvalue weighted by Gasteiger charge is -2.31. The number of rotatable bonds is 5. The lowest BCUT2D eigenvalue weighted by Crippen LogP contribution is -2.34. The highest BCUT2D eigenvalue weighted by Gasteiger charge is 2.39. The number of carbonyl (C=O) groups excluding carboxylic acids is 1. The summed E-state index contributed by atoms with van der Waals surface area (Å²) < 4.78 is 52.8. The van der Waals surface area contributed by atoms with Crippen molar-refractivity contribution in [2.24, 2.45) is 0 Å². The lowest BCUT2D eigenvalue weighted by molar-refractivity contribution is 0.0607. The molecule has 5 rings (SSSR count). The van der Waals surface area contributed by atoms with E-state index in [1.165, 1.54) is 34.9 Å². The van der Waals surface area contributed by atoms with Gasteiger partial charge >= 0.3 is 5.97 Å². The summed E-state index contributed by atoms with van der Waals surface area (Å²) in [4.78, 5) is 13.7. The Morgan fingerprint density at radius 2 is 1.74 bits per heavy atom. The second-order valence-electron chi connectivity index (χ2n) is 7.83. The number of thiophene rings is 1. The van der Waals surface area contributed by atoms with Gasteiger partial charge in [0.1, 0.15) is 16.4 Å². The van der Waals surface area contributed by atoms with E-state index >= 15 is 0 Å². The van der Waals surface area contributed by atoms with Crippen LogP contribution in [0, 0.1) is 5.82 Å². The fourth-order valence-electron chi connectivity index (χ4n) is 4.18. The van der Waals surface area contributed by atoms with Crippen LogP contribution >= 0.6 is 11.3 Å². The molecular formula is C26H20FNO5S2. The topological polar surface area (TPSA) is 72.9 Å². The summed E-state index contributed by atoms with van der Waals surface area (Å²) in [6, 6.07) is 19.5. The van der Waals surface area contributed by atoms with Crippen LogP contribution in [0.4, 0.5) is 10.1 Å². The summed E-state index contributed by atoms with van der Waals surface area (Å²) in [5.41, 5.74) is 3.26. The Labute approximate surface area is 206 Å². The third-order valence-electron chi connectivity index (χ3n) is 5.84. The maximum Gasteiger partial charge on any atom is 0.350 e. The minimum atomic E-state index is -4.14. The molecule has 9 heteroatoms. The van der Waals surface area contributed by atoms with Gasteiger partial charge in [-0.2, -0.15) is 0 Å². The van der Waals surface area contributed by atoms with Crippen molar-refractivity contribution in [1.29, 1.82) is 0 Å². The molecule has 178 valence electrons. The molecule has 3 aromatic carbocycles. The van der Waals surface area contributed by atoms with Gasteiger partial charge in [0.15, 0.2) is 0 Å². The number of nitrogens with zero attached hydrogens (tertiary/aromatic N) is 1. The summed E-state index contributed by atoms with van der Waals surface area (Å²) in [7, 11) is -1.32. The predicted octanol–water partition coefficient (Wildman–Crippen LogP) is 5.73. The molecule has 0 bridgehead atoms. The summed E-state index contributed by atoms with van der Waals surface area (Å²) in [6.45, 7) is 0.0150. The van der Waals surface area contributed by atoms with Gasteiger partial charge in [-0.05, 0) is 53.1 Å². The molecule has 0 atom stereocenters. The zero-order valence-corrected chi connectivity index (χ0v) is 20.5. The van der Waals surface area contributed by atoms with Gasteiger partial charge in [-0.15, -0.1) is 11.3 Å². The van der Waals surface area contributed by atoms with Gasteiger partial charge in [0.2, 0.25) is 0 Å². The van der Waals surface area contributed by atoms with E-state index in [0.29, 0.717) is 16.2 Å². The Kier molecular flexibility index (Phi) is 5.82. The van der Waals surface area contributed by atoms with E-state index < -0.39 is 21.8 Å². The Hall–Kier alpha value is -3.69. The fraction of sp³-hybridized carbons (Fsp3) is 0.115. The van der Waals surface area contributed by atoms with Crippen LogP contribution in [0.2, 0.25) is 0 Å². The number of hydrogen-bond acceptors (Lipinski definition) is 6. The van der Waals surface area contributed by atoms with Crippen molar-refractivity contribution in [2.75, 3.05) is 18.5 Å². The normalized spacial score (nSPS) is 12.6. The summed E-state index contributed by atoms with van der Waals surface area (Å²) in [5.74, 6) is -0.553. The van der Waals surface area contributed by atoms with Crippen molar-refractivity contribution in [3.63, 3.8) is 0 Å². The standard InChI is InChI=1S/C26H20FNO5S2/c1-32-19-8-5-7-16(14-19)24-22-21-9-4-3-6-17(21)15-28(23(22)25(34-24)26(29)33-2)35(30,31)20-12-10-18(27)11-13-20/h3-14H,15H2,1-2H3. The quantitative estimate of drug-likeness (QED) is 0.322. The van der Waals surface area contributed by atoms with Gasteiger partial charge in [-0.25, -0.2) is 17.6 Å². The molecular weight excluding hydrogens is 489 g/mol. The average Bonchev–Trinajstić information content (AvgIpc) is 3.29. The Morgan fingerprint density at radius 1 is 1.00 bits per heavy atom. The molecule has 6 nitrogen and oxygen atoms in total. The molecule has 1 aliphatic rings. The molecule has 0 amide bonds. The van der Waals surface area contributed by atoms with E-state index in [-0.39, 0.29) is 22.0 Å². The van der Waals surface area contributed by atoms with Gasteiger partial charge in [0.05, 0.1) is 31.3 Å². The summed E-state index contributed by atoms with van der Waals surface area (Å²) >= 11 is 1.17. The number of halogens is 1. The molecule has 1 aromatic heterocycles. The molecule has 0 saturated heterocycles. The van der Waals surface area contributed by atoms with E-state index in [1.54, 1.807) is 7.11 Å². The molecule has 1 aliphatic heterocycles. The first-order valence-corrected chi connectivity index (χ1v) is 12.9. The molecule has 4 aromatic rings. The van der Waals surface area contributed by atoms with E-state index in [0.717, 1.165) is 28.8 Å². The van der Waals surface area contributed by atoms with Gasteiger partial charge in [0.25, 0.3) is 10.0 Å². The molecule has 35 heavy (non-hydrogen) atoms. The van der Waals surface area contributed by atoms with Crippen molar-refractivity contribution >= 4 is 33.0 Å². The number of ether oxygens (including phenoxy) is 2. The van der Waals surface area contributed by atoms with Gasteiger partial charge < -0.3 is 9.47 Å². The number of sulfonamides is 1. The number of benzene rings is 3. The first-order chi connectivity index (χ1) is 16.8. The van der Waals surface area contributed by atoms with Crippen LogP contribution in [0.15, 0.2) is 77.7 Å². The van der Waals surface area contributed by atoms with Crippen LogP contribution in [0.1, 0.15) is 15.2 Å². The Morgan fingerprint density at radius 3 is 2.46 bits per heavy atom.